The third kappa shape index (κ3) is 6.14. The van der Waals surface area contributed by atoms with Gasteiger partial charge in [-0.3, -0.25) is 9.59 Å². The van der Waals surface area contributed by atoms with E-state index in [1.54, 1.807) is 42.6 Å². The Morgan fingerprint density at radius 1 is 1.14 bits per heavy atom. The van der Waals surface area contributed by atoms with Crippen molar-refractivity contribution in [1.29, 1.82) is 0 Å². The maximum atomic E-state index is 12.3. The van der Waals surface area contributed by atoms with E-state index in [1.165, 1.54) is 11.8 Å². The molecule has 148 valence electrons. The minimum Gasteiger partial charge on any atom is -0.492 e. The predicted octanol–water partition coefficient (Wildman–Crippen LogP) is 3.26. The van der Waals surface area contributed by atoms with Crippen molar-refractivity contribution in [3.05, 3.63) is 53.2 Å². The van der Waals surface area contributed by atoms with Crippen molar-refractivity contribution in [2.45, 2.75) is 17.9 Å². The molecule has 1 aromatic carbocycles. The number of hydrogen-bond donors (Lipinski definition) is 1. The van der Waals surface area contributed by atoms with Crippen LogP contribution in [0.1, 0.15) is 23.2 Å². The summed E-state index contributed by atoms with van der Waals surface area (Å²) in [7, 11) is 0. The molecular weight excluding hydrogens is 398 g/mol. The lowest BCUT2D eigenvalue weighted by Gasteiger charge is -2.14. The van der Waals surface area contributed by atoms with Crippen molar-refractivity contribution in [2.75, 3.05) is 32.0 Å². The molecule has 8 heteroatoms. The minimum absolute atomic E-state index is 0.0278. The van der Waals surface area contributed by atoms with Crippen LogP contribution in [0.25, 0.3) is 0 Å². The van der Waals surface area contributed by atoms with Crippen LogP contribution in [-0.4, -0.2) is 53.7 Å². The highest BCUT2D eigenvalue weighted by Gasteiger charge is 2.19. The quantitative estimate of drug-likeness (QED) is 0.525. The molecule has 0 spiro atoms. The summed E-state index contributed by atoms with van der Waals surface area (Å²) in [6, 6.07) is 10.6. The summed E-state index contributed by atoms with van der Waals surface area (Å²) < 4.78 is 5.52. The number of nitrogens with zero attached hydrogens (tertiary/aromatic N) is 2. The zero-order valence-electron chi connectivity index (χ0n) is 15.4. The maximum absolute atomic E-state index is 12.3. The molecule has 1 N–H and O–H groups in total. The second-order valence-electron chi connectivity index (χ2n) is 6.33. The van der Waals surface area contributed by atoms with Gasteiger partial charge in [-0.25, -0.2) is 4.98 Å². The molecule has 6 nitrogen and oxygen atoms in total. The van der Waals surface area contributed by atoms with Gasteiger partial charge in [-0.1, -0.05) is 23.4 Å². The third-order valence-corrected chi connectivity index (χ3v) is 5.43. The van der Waals surface area contributed by atoms with Gasteiger partial charge in [-0.2, -0.15) is 0 Å². The van der Waals surface area contributed by atoms with Crippen LogP contribution in [0.4, 0.5) is 0 Å². The molecule has 2 heterocycles. The molecule has 1 aliphatic heterocycles. The Labute approximate surface area is 173 Å². The van der Waals surface area contributed by atoms with Crippen molar-refractivity contribution >= 4 is 35.2 Å². The molecule has 2 amide bonds. The van der Waals surface area contributed by atoms with Gasteiger partial charge < -0.3 is 15.0 Å². The maximum Gasteiger partial charge on any atom is 0.255 e. The highest BCUT2D eigenvalue weighted by Crippen LogP contribution is 2.18. The Balaban J connectivity index is 1.34. The summed E-state index contributed by atoms with van der Waals surface area (Å²) >= 11 is 7.15. The number of carbonyl (C=O) groups is 2. The fraction of sp³-hybridized carbons (Fsp3) is 0.350. The van der Waals surface area contributed by atoms with Gasteiger partial charge in [0.15, 0.2) is 0 Å². The van der Waals surface area contributed by atoms with Crippen LogP contribution in [-0.2, 0) is 4.79 Å². The zero-order chi connectivity index (χ0) is 19.8. The molecule has 1 fully saturated rings. The second kappa shape index (κ2) is 10.3. The number of carbonyl (C=O) groups excluding carboxylic acids is 2. The molecule has 0 radical (unpaired) electrons. The van der Waals surface area contributed by atoms with Gasteiger partial charge in [0.2, 0.25) is 5.91 Å². The molecule has 0 atom stereocenters. The second-order valence-corrected chi connectivity index (χ2v) is 7.76. The number of hydrogen-bond acceptors (Lipinski definition) is 5. The van der Waals surface area contributed by atoms with Gasteiger partial charge in [0.25, 0.3) is 5.91 Å². The van der Waals surface area contributed by atoms with E-state index in [-0.39, 0.29) is 17.6 Å². The molecular formula is C20H22ClN3O3S. The Bertz CT molecular complexity index is 793. The van der Waals surface area contributed by atoms with Crippen LogP contribution >= 0.6 is 23.4 Å². The number of nitrogens with one attached hydrogen (secondary N) is 1. The highest BCUT2D eigenvalue weighted by molar-refractivity contribution is 7.99. The molecule has 0 unspecified atom stereocenters. The van der Waals surface area contributed by atoms with E-state index in [4.69, 9.17) is 16.3 Å². The zero-order valence-corrected chi connectivity index (χ0v) is 17.0. The van der Waals surface area contributed by atoms with Crippen molar-refractivity contribution in [3.63, 3.8) is 0 Å². The van der Waals surface area contributed by atoms with Crippen molar-refractivity contribution in [3.8, 4) is 5.75 Å². The summed E-state index contributed by atoms with van der Waals surface area (Å²) in [6.45, 7) is 2.43. The van der Waals surface area contributed by atoms with E-state index in [0.29, 0.717) is 34.5 Å². The van der Waals surface area contributed by atoms with Crippen LogP contribution in [0.2, 0.25) is 5.02 Å². The first kappa shape index (κ1) is 20.5. The van der Waals surface area contributed by atoms with Gasteiger partial charge in [-0.05, 0) is 49.2 Å². The van der Waals surface area contributed by atoms with Crippen molar-refractivity contribution in [2.24, 2.45) is 0 Å². The molecule has 0 saturated carbocycles. The smallest absolute Gasteiger partial charge is 0.255 e. The van der Waals surface area contributed by atoms with E-state index < -0.39 is 0 Å². The molecule has 28 heavy (non-hydrogen) atoms. The van der Waals surface area contributed by atoms with E-state index >= 15 is 0 Å². The Morgan fingerprint density at radius 3 is 2.57 bits per heavy atom. The van der Waals surface area contributed by atoms with Gasteiger partial charge >= 0.3 is 0 Å². The summed E-state index contributed by atoms with van der Waals surface area (Å²) in [4.78, 5) is 30.4. The first-order valence-corrected chi connectivity index (χ1v) is 10.5. The van der Waals surface area contributed by atoms with Gasteiger partial charge in [0, 0.05) is 24.3 Å². The van der Waals surface area contributed by atoms with Gasteiger partial charge in [0.1, 0.15) is 12.4 Å². The number of halogens is 1. The topological polar surface area (TPSA) is 71.5 Å². The Kier molecular flexibility index (Phi) is 7.56. The van der Waals surface area contributed by atoms with Crippen LogP contribution in [0.15, 0.2) is 47.6 Å². The number of thioether (sulfide) groups is 1. The monoisotopic (exact) mass is 419 g/mol. The number of benzene rings is 1. The Morgan fingerprint density at radius 2 is 1.89 bits per heavy atom. The third-order valence-electron chi connectivity index (χ3n) is 4.23. The first-order chi connectivity index (χ1) is 13.6. The summed E-state index contributed by atoms with van der Waals surface area (Å²) in [6.07, 6.45) is 3.71. The number of amides is 2. The van der Waals surface area contributed by atoms with Crippen molar-refractivity contribution in [1.82, 2.24) is 15.2 Å². The molecule has 0 bridgehead atoms. The SMILES string of the molecule is O=C(CSc1ccc(C(=O)N2CCCC2)cn1)NCCOc1ccc(Cl)cc1. The van der Waals surface area contributed by atoms with E-state index in [1.807, 2.05) is 4.90 Å². The predicted molar refractivity (Wildman–Crippen MR) is 110 cm³/mol. The van der Waals surface area contributed by atoms with E-state index in [9.17, 15) is 9.59 Å². The average molecular weight is 420 g/mol. The molecule has 1 aromatic heterocycles. The lowest BCUT2D eigenvalue weighted by Crippen LogP contribution is -2.29. The fourth-order valence-corrected chi connectivity index (χ4v) is 3.57. The molecule has 0 aliphatic carbocycles. The molecule has 1 saturated heterocycles. The van der Waals surface area contributed by atoms with Gasteiger partial charge in [-0.15, -0.1) is 0 Å². The number of rotatable bonds is 8. The summed E-state index contributed by atoms with van der Waals surface area (Å²) in [5, 5.41) is 4.17. The highest BCUT2D eigenvalue weighted by atomic mass is 35.5. The van der Waals surface area contributed by atoms with Crippen molar-refractivity contribution < 1.29 is 14.3 Å². The van der Waals surface area contributed by atoms with Crippen LogP contribution < -0.4 is 10.1 Å². The standard InChI is InChI=1S/C20H22ClN3O3S/c21-16-4-6-17(7-5-16)27-12-9-22-18(25)14-28-19-8-3-15(13-23-19)20(26)24-10-1-2-11-24/h3-8,13H,1-2,9-12,14H2,(H,22,25). The van der Waals surface area contributed by atoms with E-state index in [2.05, 4.69) is 10.3 Å². The largest absolute Gasteiger partial charge is 0.492 e. The molecule has 3 rings (SSSR count). The lowest BCUT2D eigenvalue weighted by molar-refractivity contribution is -0.118. The number of aromatic nitrogens is 1. The number of ether oxygens (including phenoxy) is 1. The Hall–Kier alpha value is -2.25. The lowest BCUT2D eigenvalue weighted by atomic mass is 10.2. The van der Waals surface area contributed by atoms with Gasteiger partial charge in [0.05, 0.1) is 22.9 Å². The van der Waals surface area contributed by atoms with Crippen LogP contribution in [0.3, 0.4) is 0 Å². The molecule has 2 aromatic rings. The summed E-state index contributed by atoms with van der Waals surface area (Å²) in [5.41, 5.74) is 0.593. The number of pyridine rings is 1. The normalized spacial score (nSPS) is 13.4. The first-order valence-electron chi connectivity index (χ1n) is 9.15. The fourth-order valence-electron chi connectivity index (χ4n) is 2.78. The summed E-state index contributed by atoms with van der Waals surface area (Å²) in [5.74, 6) is 0.900. The van der Waals surface area contributed by atoms with Crippen LogP contribution in [0.5, 0.6) is 5.75 Å². The minimum atomic E-state index is -0.0938. The van der Waals surface area contributed by atoms with E-state index in [0.717, 1.165) is 25.9 Å². The molecule has 1 aliphatic rings. The number of likely N-dealkylation sites (tertiary alicyclic amines) is 1. The average Bonchev–Trinajstić information content (AvgIpc) is 3.26. The van der Waals surface area contributed by atoms with Crippen LogP contribution in [0, 0.1) is 0 Å².